The van der Waals surface area contributed by atoms with Crippen molar-refractivity contribution >= 4 is 11.9 Å². The number of hydrogen-bond acceptors (Lipinski definition) is 3. The predicted octanol–water partition coefficient (Wildman–Crippen LogP) is 8.71. The molecule has 0 aromatic carbocycles. The first-order valence-corrected chi connectivity index (χ1v) is 14.5. The van der Waals surface area contributed by atoms with Crippen LogP contribution in [0.25, 0.3) is 0 Å². The summed E-state index contributed by atoms with van der Waals surface area (Å²) < 4.78 is 6.19. The van der Waals surface area contributed by atoms with Gasteiger partial charge in [0.25, 0.3) is 0 Å². The standard InChI is InChI=1S/C29H54O4/c1-4-7-9-10-11-12-13-14-16-23-27(24(19-6-3)20-15-8-5-2)33-29(32)26-22-18-17-21-25(26)28(30)31/h24-27H,4-23H2,1-3H3,(H,30,31). The Bertz CT molecular complexity index is 504. The fourth-order valence-corrected chi connectivity index (χ4v) is 5.54. The van der Waals surface area contributed by atoms with Gasteiger partial charge in [0.05, 0.1) is 11.8 Å². The minimum Gasteiger partial charge on any atom is -0.481 e. The lowest BCUT2D eigenvalue weighted by atomic mass is 9.79. The fraction of sp³-hybridized carbons (Fsp3) is 0.931. The lowest BCUT2D eigenvalue weighted by Crippen LogP contribution is -2.37. The second-order valence-corrected chi connectivity index (χ2v) is 10.5. The second-order valence-electron chi connectivity index (χ2n) is 10.5. The van der Waals surface area contributed by atoms with E-state index in [2.05, 4.69) is 20.8 Å². The summed E-state index contributed by atoms with van der Waals surface area (Å²) in [6.45, 7) is 6.70. The molecule has 0 bridgehead atoms. The van der Waals surface area contributed by atoms with E-state index in [0.29, 0.717) is 18.8 Å². The number of carbonyl (C=O) groups is 2. The third-order valence-electron chi connectivity index (χ3n) is 7.61. The Kier molecular flexibility index (Phi) is 17.5. The molecule has 1 aliphatic carbocycles. The van der Waals surface area contributed by atoms with Crippen LogP contribution >= 0.6 is 0 Å². The number of rotatable bonds is 20. The molecule has 1 N–H and O–H groups in total. The van der Waals surface area contributed by atoms with Gasteiger partial charge in [-0.25, -0.2) is 0 Å². The predicted molar refractivity (Wildman–Crippen MR) is 137 cm³/mol. The van der Waals surface area contributed by atoms with Gasteiger partial charge in [-0.05, 0) is 44.4 Å². The summed E-state index contributed by atoms with van der Waals surface area (Å²) in [6, 6.07) is 0. The Morgan fingerprint density at radius 3 is 1.79 bits per heavy atom. The van der Waals surface area contributed by atoms with E-state index in [0.717, 1.165) is 44.9 Å². The minimum atomic E-state index is -0.833. The zero-order valence-electron chi connectivity index (χ0n) is 22.1. The lowest BCUT2D eigenvalue weighted by Gasteiger charge is -2.32. The molecular formula is C29H54O4. The van der Waals surface area contributed by atoms with E-state index in [1.165, 1.54) is 70.6 Å². The van der Waals surface area contributed by atoms with Crippen molar-refractivity contribution in [2.75, 3.05) is 0 Å². The van der Waals surface area contributed by atoms with Crippen molar-refractivity contribution in [1.82, 2.24) is 0 Å². The number of hydrogen-bond donors (Lipinski definition) is 1. The van der Waals surface area contributed by atoms with Gasteiger partial charge >= 0.3 is 11.9 Å². The third-order valence-corrected chi connectivity index (χ3v) is 7.61. The maximum Gasteiger partial charge on any atom is 0.310 e. The first-order chi connectivity index (χ1) is 16.0. The van der Waals surface area contributed by atoms with Crippen LogP contribution in [0, 0.1) is 17.8 Å². The molecule has 1 rings (SSSR count). The molecule has 0 aromatic heterocycles. The van der Waals surface area contributed by atoms with E-state index in [1.54, 1.807) is 0 Å². The highest BCUT2D eigenvalue weighted by atomic mass is 16.5. The van der Waals surface area contributed by atoms with E-state index in [9.17, 15) is 14.7 Å². The van der Waals surface area contributed by atoms with Crippen LogP contribution in [0.15, 0.2) is 0 Å². The summed E-state index contributed by atoms with van der Waals surface area (Å²) in [7, 11) is 0. The molecule has 4 atom stereocenters. The molecule has 0 amide bonds. The molecule has 1 saturated carbocycles. The van der Waals surface area contributed by atoms with Crippen LogP contribution in [0.4, 0.5) is 0 Å². The molecule has 0 heterocycles. The summed E-state index contributed by atoms with van der Waals surface area (Å²) in [6.07, 6.45) is 22.5. The zero-order valence-corrected chi connectivity index (χ0v) is 22.1. The lowest BCUT2D eigenvalue weighted by molar-refractivity contribution is -0.166. The molecule has 0 aromatic rings. The highest BCUT2D eigenvalue weighted by molar-refractivity contribution is 5.81. The van der Waals surface area contributed by atoms with Gasteiger partial charge in [0.1, 0.15) is 6.10 Å². The number of unbranched alkanes of at least 4 members (excludes halogenated alkanes) is 10. The molecule has 33 heavy (non-hydrogen) atoms. The van der Waals surface area contributed by atoms with Crippen LogP contribution in [0.3, 0.4) is 0 Å². The summed E-state index contributed by atoms with van der Waals surface area (Å²) in [5, 5.41) is 9.61. The molecule has 0 radical (unpaired) electrons. The van der Waals surface area contributed by atoms with Crippen LogP contribution in [-0.4, -0.2) is 23.1 Å². The molecule has 4 heteroatoms. The normalized spacial score (nSPS) is 20.3. The molecule has 4 unspecified atom stereocenters. The van der Waals surface area contributed by atoms with Crippen molar-refractivity contribution in [2.45, 2.75) is 155 Å². The summed E-state index contributed by atoms with van der Waals surface area (Å²) in [5.74, 6) is -1.68. The van der Waals surface area contributed by atoms with Crippen molar-refractivity contribution in [3.8, 4) is 0 Å². The van der Waals surface area contributed by atoms with Gasteiger partial charge in [-0.15, -0.1) is 0 Å². The smallest absolute Gasteiger partial charge is 0.310 e. The number of esters is 1. The molecular weight excluding hydrogens is 412 g/mol. The number of carboxylic acid groups (broad SMARTS) is 1. The number of ether oxygens (including phenoxy) is 1. The van der Waals surface area contributed by atoms with Crippen LogP contribution < -0.4 is 0 Å². The van der Waals surface area contributed by atoms with Gasteiger partial charge in [-0.1, -0.05) is 111 Å². The first-order valence-electron chi connectivity index (χ1n) is 14.5. The van der Waals surface area contributed by atoms with Gasteiger partial charge in [0, 0.05) is 0 Å². The van der Waals surface area contributed by atoms with Gasteiger partial charge in [0.2, 0.25) is 0 Å². The Morgan fingerprint density at radius 1 is 0.697 bits per heavy atom. The Hall–Kier alpha value is -1.06. The van der Waals surface area contributed by atoms with E-state index in [1.807, 2.05) is 0 Å². The van der Waals surface area contributed by atoms with Gasteiger partial charge < -0.3 is 9.84 Å². The summed E-state index contributed by atoms with van der Waals surface area (Å²) in [5.41, 5.74) is 0. The van der Waals surface area contributed by atoms with Crippen LogP contribution in [0.2, 0.25) is 0 Å². The van der Waals surface area contributed by atoms with E-state index < -0.39 is 17.8 Å². The summed E-state index contributed by atoms with van der Waals surface area (Å²) in [4.78, 5) is 24.9. The number of aliphatic carboxylic acids is 1. The van der Waals surface area contributed by atoms with Crippen molar-refractivity contribution in [1.29, 1.82) is 0 Å². The maximum absolute atomic E-state index is 13.1. The average Bonchev–Trinajstić information content (AvgIpc) is 2.81. The molecule has 194 valence electrons. The van der Waals surface area contributed by atoms with E-state index in [4.69, 9.17) is 4.74 Å². The molecule has 1 fully saturated rings. The highest BCUT2D eigenvalue weighted by Gasteiger charge is 2.38. The number of carbonyl (C=O) groups excluding carboxylic acids is 1. The van der Waals surface area contributed by atoms with Gasteiger partial charge in [-0.2, -0.15) is 0 Å². The average molecular weight is 467 g/mol. The second kappa shape index (κ2) is 19.3. The third kappa shape index (κ3) is 12.8. The molecule has 0 spiro atoms. The monoisotopic (exact) mass is 466 g/mol. The maximum atomic E-state index is 13.1. The SMILES string of the molecule is CCCCCCCCCCCC(OC(=O)C1CCCCC1C(=O)O)C(CCC)CCCCC. The largest absolute Gasteiger partial charge is 0.481 e. The number of carboxylic acids is 1. The van der Waals surface area contributed by atoms with Gasteiger partial charge in [0.15, 0.2) is 0 Å². The molecule has 0 aliphatic heterocycles. The van der Waals surface area contributed by atoms with Crippen LogP contribution in [0.1, 0.15) is 149 Å². The Morgan fingerprint density at radius 2 is 1.21 bits per heavy atom. The zero-order chi connectivity index (χ0) is 24.3. The summed E-state index contributed by atoms with van der Waals surface area (Å²) >= 11 is 0. The van der Waals surface area contributed by atoms with Crippen molar-refractivity contribution < 1.29 is 19.4 Å². The van der Waals surface area contributed by atoms with Crippen LogP contribution in [-0.2, 0) is 14.3 Å². The first kappa shape index (κ1) is 30.0. The van der Waals surface area contributed by atoms with Crippen molar-refractivity contribution in [3.05, 3.63) is 0 Å². The molecule has 4 nitrogen and oxygen atoms in total. The van der Waals surface area contributed by atoms with Crippen molar-refractivity contribution in [3.63, 3.8) is 0 Å². The Balaban J connectivity index is 2.64. The van der Waals surface area contributed by atoms with Crippen LogP contribution in [0.5, 0.6) is 0 Å². The Labute approximate surface area is 204 Å². The highest BCUT2D eigenvalue weighted by Crippen LogP contribution is 2.33. The minimum absolute atomic E-state index is 0.0461. The van der Waals surface area contributed by atoms with Gasteiger partial charge in [-0.3, -0.25) is 9.59 Å². The van der Waals surface area contributed by atoms with E-state index in [-0.39, 0.29) is 12.1 Å². The molecule has 0 saturated heterocycles. The quantitative estimate of drug-likeness (QED) is 0.144. The fourth-order valence-electron chi connectivity index (χ4n) is 5.54. The van der Waals surface area contributed by atoms with E-state index >= 15 is 0 Å². The van der Waals surface area contributed by atoms with Crippen molar-refractivity contribution in [2.24, 2.45) is 17.8 Å². The topological polar surface area (TPSA) is 63.6 Å². The molecule has 1 aliphatic rings.